The lowest BCUT2D eigenvalue weighted by Gasteiger charge is -2.23. The van der Waals surface area contributed by atoms with Crippen LogP contribution in [0, 0.1) is 0 Å². The lowest BCUT2D eigenvalue weighted by molar-refractivity contribution is 0.620. The molecule has 0 aliphatic heterocycles. The fourth-order valence-corrected chi connectivity index (χ4v) is 5.54. The molecule has 6 aromatic rings. The van der Waals surface area contributed by atoms with Crippen molar-refractivity contribution >= 4 is 33.2 Å². The van der Waals surface area contributed by atoms with E-state index in [4.69, 9.17) is 4.42 Å². The number of aromatic nitrogens is 1. The van der Waals surface area contributed by atoms with Gasteiger partial charge in [0.25, 0.3) is 0 Å². The van der Waals surface area contributed by atoms with E-state index >= 15 is 0 Å². The molecule has 168 valence electrons. The highest BCUT2D eigenvalue weighted by Crippen LogP contribution is 2.52. The third-order valence-corrected chi connectivity index (χ3v) is 7.25. The first-order chi connectivity index (χ1) is 17.1. The Morgan fingerprint density at radius 1 is 0.714 bits per heavy atom. The van der Waals surface area contributed by atoms with E-state index in [1.54, 1.807) is 0 Å². The van der Waals surface area contributed by atoms with Crippen molar-refractivity contribution in [3.63, 3.8) is 0 Å². The van der Waals surface area contributed by atoms with Crippen LogP contribution in [0.3, 0.4) is 0 Å². The van der Waals surface area contributed by atoms with Gasteiger partial charge in [-0.3, -0.25) is 0 Å². The number of oxazole rings is 1. The molecule has 35 heavy (non-hydrogen) atoms. The zero-order chi connectivity index (χ0) is 23.6. The third-order valence-electron chi connectivity index (χ3n) is 7.25. The largest absolute Gasteiger partial charge is 0.436 e. The highest BCUT2D eigenvalue weighted by molar-refractivity contribution is 5.97. The lowest BCUT2D eigenvalue weighted by Crippen LogP contribution is -2.15. The molecule has 5 aromatic carbocycles. The van der Waals surface area contributed by atoms with Crippen LogP contribution in [-0.4, -0.2) is 4.98 Å². The molecule has 1 aromatic heterocycles. The lowest BCUT2D eigenvalue weighted by atomic mass is 9.80. The summed E-state index contributed by atoms with van der Waals surface area (Å²) in [5.74, 6) is 0.641. The van der Waals surface area contributed by atoms with E-state index < -0.39 is 0 Å². The molecule has 0 radical (unpaired) electrons. The molecular formula is C32H24N2O. The van der Waals surface area contributed by atoms with E-state index in [1.807, 2.05) is 36.4 Å². The molecule has 1 aliphatic rings. The van der Waals surface area contributed by atoms with Gasteiger partial charge in [0.1, 0.15) is 5.52 Å². The fourth-order valence-electron chi connectivity index (χ4n) is 5.54. The van der Waals surface area contributed by atoms with E-state index in [0.29, 0.717) is 5.89 Å². The first kappa shape index (κ1) is 20.0. The molecule has 0 amide bonds. The van der Waals surface area contributed by atoms with Crippen LogP contribution in [0.25, 0.3) is 44.5 Å². The van der Waals surface area contributed by atoms with Gasteiger partial charge >= 0.3 is 0 Å². The number of nitrogens with one attached hydrogen (secondary N) is 1. The summed E-state index contributed by atoms with van der Waals surface area (Å²) in [5, 5.41) is 6.23. The molecule has 0 bridgehead atoms. The monoisotopic (exact) mass is 452 g/mol. The predicted octanol–water partition coefficient (Wildman–Crippen LogP) is 8.70. The number of para-hydroxylation sites is 2. The second kappa shape index (κ2) is 7.31. The van der Waals surface area contributed by atoms with Gasteiger partial charge in [0.2, 0.25) is 5.89 Å². The van der Waals surface area contributed by atoms with Crippen LogP contribution in [0.4, 0.5) is 11.4 Å². The maximum Gasteiger partial charge on any atom is 0.227 e. The molecule has 1 N–H and O–H groups in total. The van der Waals surface area contributed by atoms with Crippen molar-refractivity contribution in [2.75, 3.05) is 5.32 Å². The number of nitrogens with zero attached hydrogens (tertiary/aromatic N) is 1. The van der Waals surface area contributed by atoms with E-state index in [9.17, 15) is 0 Å². The molecule has 1 heterocycles. The van der Waals surface area contributed by atoms with Crippen LogP contribution in [0.2, 0.25) is 0 Å². The van der Waals surface area contributed by atoms with Crippen LogP contribution in [0.5, 0.6) is 0 Å². The number of hydrogen-bond donors (Lipinski definition) is 1. The third kappa shape index (κ3) is 3.08. The van der Waals surface area contributed by atoms with Crippen molar-refractivity contribution in [2.24, 2.45) is 0 Å². The van der Waals surface area contributed by atoms with E-state index in [2.05, 4.69) is 90.9 Å². The standard InChI is InChI=1S/C32H24N2O/c1-32(2)27-19-23(16-18-25(27)26-17-13-20-7-3-4-8-24(20)30(26)32)33-22-14-11-21(12-15-22)31-34-28-9-5-6-10-29(28)35-31/h3-19,33H,1-2H3. The van der Waals surface area contributed by atoms with Crippen molar-refractivity contribution in [2.45, 2.75) is 19.3 Å². The Bertz CT molecular complexity index is 1710. The van der Waals surface area contributed by atoms with Crippen LogP contribution in [0.1, 0.15) is 25.0 Å². The minimum atomic E-state index is -0.0694. The van der Waals surface area contributed by atoms with E-state index in [0.717, 1.165) is 28.0 Å². The van der Waals surface area contributed by atoms with Crippen LogP contribution in [0.15, 0.2) is 108 Å². The average molecular weight is 453 g/mol. The Kier molecular flexibility index (Phi) is 4.19. The maximum atomic E-state index is 5.92. The van der Waals surface area contributed by atoms with Crippen molar-refractivity contribution in [1.82, 2.24) is 4.98 Å². The smallest absolute Gasteiger partial charge is 0.227 e. The highest BCUT2D eigenvalue weighted by atomic mass is 16.3. The minimum Gasteiger partial charge on any atom is -0.436 e. The Morgan fingerprint density at radius 3 is 2.31 bits per heavy atom. The highest BCUT2D eigenvalue weighted by Gasteiger charge is 2.36. The Labute approximate surface area is 204 Å². The van der Waals surface area contributed by atoms with Gasteiger partial charge in [-0.25, -0.2) is 4.98 Å². The summed E-state index contributed by atoms with van der Waals surface area (Å²) in [5.41, 5.74) is 10.1. The second-order valence-electron chi connectivity index (χ2n) is 9.78. The molecule has 1 aliphatic carbocycles. The van der Waals surface area contributed by atoms with Crippen molar-refractivity contribution in [1.29, 1.82) is 0 Å². The molecule has 3 nitrogen and oxygen atoms in total. The zero-order valence-corrected chi connectivity index (χ0v) is 19.7. The van der Waals surface area contributed by atoms with Gasteiger partial charge in [0, 0.05) is 22.4 Å². The quantitative estimate of drug-likeness (QED) is 0.292. The van der Waals surface area contributed by atoms with Gasteiger partial charge in [-0.1, -0.05) is 68.4 Å². The minimum absolute atomic E-state index is 0.0694. The molecule has 0 unspecified atom stereocenters. The summed E-state index contributed by atoms with van der Waals surface area (Å²) in [6.45, 7) is 4.67. The Hall–Kier alpha value is -4.37. The van der Waals surface area contributed by atoms with Gasteiger partial charge in [-0.15, -0.1) is 0 Å². The van der Waals surface area contributed by atoms with E-state index in [1.165, 1.54) is 33.0 Å². The first-order valence-electron chi connectivity index (χ1n) is 12.0. The molecule has 0 saturated heterocycles. The number of rotatable bonds is 3. The van der Waals surface area contributed by atoms with E-state index in [-0.39, 0.29) is 5.41 Å². The average Bonchev–Trinajstić information content (AvgIpc) is 3.42. The van der Waals surface area contributed by atoms with Crippen LogP contribution >= 0.6 is 0 Å². The Morgan fingerprint density at radius 2 is 1.46 bits per heavy atom. The zero-order valence-electron chi connectivity index (χ0n) is 19.7. The Balaban J connectivity index is 1.21. The predicted molar refractivity (Wildman–Crippen MR) is 144 cm³/mol. The summed E-state index contributed by atoms with van der Waals surface area (Å²) >= 11 is 0. The van der Waals surface area contributed by atoms with Gasteiger partial charge in [0.15, 0.2) is 5.58 Å². The summed E-state index contributed by atoms with van der Waals surface area (Å²) in [6, 6.07) is 36.0. The number of anilines is 2. The molecule has 0 atom stereocenters. The fraction of sp³-hybridized carbons (Fsp3) is 0.0938. The van der Waals surface area contributed by atoms with Crippen molar-refractivity contribution in [3.8, 4) is 22.6 Å². The summed E-state index contributed by atoms with van der Waals surface area (Å²) < 4.78 is 5.92. The molecule has 7 rings (SSSR count). The van der Waals surface area contributed by atoms with Gasteiger partial charge in [-0.2, -0.15) is 0 Å². The second-order valence-corrected chi connectivity index (χ2v) is 9.78. The summed E-state index contributed by atoms with van der Waals surface area (Å²) in [6.07, 6.45) is 0. The molecule has 3 heteroatoms. The molecule has 0 spiro atoms. The SMILES string of the molecule is CC1(C)c2cc(Nc3ccc(-c4nc5ccccc5o4)cc3)ccc2-c2ccc3ccccc3c21. The summed E-state index contributed by atoms with van der Waals surface area (Å²) in [4.78, 5) is 4.61. The topological polar surface area (TPSA) is 38.1 Å². The summed E-state index contributed by atoms with van der Waals surface area (Å²) in [7, 11) is 0. The molecule has 0 fully saturated rings. The molecule has 0 saturated carbocycles. The van der Waals surface area contributed by atoms with Gasteiger partial charge < -0.3 is 9.73 Å². The number of fused-ring (bicyclic) bond motifs is 6. The van der Waals surface area contributed by atoms with Crippen LogP contribution < -0.4 is 5.32 Å². The molecular weight excluding hydrogens is 428 g/mol. The first-order valence-corrected chi connectivity index (χ1v) is 12.0. The van der Waals surface area contributed by atoms with Gasteiger partial charge in [0.05, 0.1) is 0 Å². The van der Waals surface area contributed by atoms with Crippen molar-refractivity contribution in [3.05, 3.63) is 114 Å². The van der Waals surface area contributed by atoms with Gasteiger partial charge in [-0.05, 0) is 81.6 Å². The number of hydrogen-bond acceptors (Lipinski definition) is 3. The normalized spacial score (nSPS) is 13.7. The van der Waals surface area contributed by atoms with Crippen molar-refractivity contribution < 1.29 is 4.42 Å². The maximum absolute atomic E-state index is 5.92. The van der Waals surface area contributed by atoms with Crippen LogP contribution in [-0.2, 0) is 5.41 Å². The number of benzene rings is 5.